The number of pyridine rings is 2. The molecule has 6 heteroatoms. The fraction of sp³-hybridized carbons (Fsp3) is 0.250. The van der Waals surface area contributed by atoms with Crippen LogP contribution in [0.3, 0.4) is 0 Å². The van der Waals surface area contributed by atoms with Gasteiger partial charge in [0, 0.05) is 29.5 Å². The van der Waals surface area contributed by atoms with Crippen molar-refractivity contribution in [1.82, 2.24) is 24.8 Å². The van der Waals surface area contributed by atoms with E-state index in [1.807, 2.05) is 42.7 Å². The molecule has 0 saturated carbocycles. The summed E-state index contributed by atoms with van der Waals surface area (Å²) in [6, 6.07) is 23.2. The number of aromatic nitrogens is 3. The van der Waals surface area contributed by atoms with E-state index in [4.69, 9.17) is 12.2 Å². The third kappa shape index (κ3) is 4.10. The zero-order valence-electron chi connectivity index (χ0n) is 19.8. The second-order valence-corrected chi connectivity index (χ2v) is 9.14. The van der Waals surface area contributed by atoms with Crippen LogP contribution in [-0.2, 0) is 13.0 Å². The van der Waals surface area contributed by atoms with Crippen LogP contribution in [0.25, 0.3) is 5.69 Å². The minimum Gasteiger partial charge on any atom is -0.352 e. The third-order valence-electron chi connectivity index (χ3n) is 6.65. The van der Waals surface area contributed by atoms with Crippen LogP contribution in [0.1, 0.15) is 52.9 Å². The van der Waals surface area contributed by atoms with Crippen molar-refractivity contribution < 1.29 is 0 Å². The number of nitrogens with zero attached hydrogens (tertiary/aromatic N) is 4. The van der Waals surface area contributed by atoms with Crippen LogP contribution in [0.4, 0.5) is 0 Å². The molecule has 1 aromatic carbocycles. The van der Waals surface area contributed by atoms with E-state index in [-0.39, 0.29) is 12.1 Å². The van der Waals surface area contributed by atoms with Gasteiger partial charge in [-0.15, -0.1) is 0 Å². The lowest BCUT2D eigenvalue weighted by Crippen LogP contribution is -2.29. The number of nitrogens with one attached hydrogen (secondary N) is 1. The largest absolute Gasteiger partial charge is 0.352 e. The van der Waals surface area contributed by atoms with E-state index in [0.29, 0.717) is 6.54 Å². The maximum Gasteiger partial charge on any atom is 0.170 e. The van der Waals surface area contributed by atoms with Gasteiger partial charge in [-0.25, -0.2) is 0 Å². The van der Waals surface area contributed by atoms with E-state index >= 15 is 0 Å². The molecule has 0 amide bonds. The number of rotatable bonds is 6. The van der Waals surface area contributed by atoms with Gasteiger partial charge < -0.3 is 14.8 Å². The molecule has 34 heavy (non-hydrogen) atoms. The molecule has 0 spiro atoms. The molecule has 4 heterocycles. The Morgan fingerprint density at radius 3 is 2.32 bits per heavy atom. The highest BCUT2D eigenvalue weighted by atomic mass is 32.1. The van der Waals surface area contributed by atoms with Crippen LogP contribution in [0.2, 0.25) is 0 Å². The van der Waals surface area contributed by atoms with Crippen molar-refractivity contribution >= 4 is 17.3 Å². The predicted octanol–water partition coefficient (Wildman–Crippen LogP) is 5.62. The highest BCUT2D eigenvalue weighted by Crippen LogP contribution is 2.42. The number of hydrogen-bond acceptors (Lipinski definition) is 3. The molecule has 0 unspecified atom stereocenters. The molecule has 1 aliphatic heterocycles. The molecular formula is C28H29N5S. The van der Waals surface area contributed by atoms with Crippen molar-refractivity contribution in [2.24, 2.45) is 0 Å². The van der Waals surface area contributed by atoms with Gasteiger partial charge in [-0.1, -0.05) is 31.2 Å². The highest BCUT2D eigenvalue weighted by molar-refractivity contribution is 7.80. The van der Waals surface area contributed by atoms with Crippen LogP contribution >= 0.6 is 12.2 Å². The lowest BCUT2D eigenvalue weighted by molar-refractivity contribution is 0.307. The van der Waals surface area contributed by atoms with E-state index in [1.54, 1.807) is 0 Å². The first-order valence-corrected chi connectivity index (χ1v) is 12.1. The summed E-state index contributed by atoms with van der Waals surface area (Å²) in [4.78, 5) is 11.5. The minimum atomic E-state index is -0.0474. The Balaban J connectivity index is 1.60. The standard InChI is InChI=1S/C28H29N5S/c1-4-21-11-13-23(14-12-21)33-19(2)17-24(20(33)3)27-26(25-10-6-8-16-30-25)31-28(34)32(27)18-22-9-5-7-15-29-22/h5-17,26-27H,4,18H2,1-3H3,(H,31,34)/t26-,27+/m0/s1. The molecule has 4 aromatic rings. The molecule has 5 nitrogen and oxygen atoms in total. The van der Waals surface area contributed by atoms with Gasteiger partial charge in [0.2, 0.25) is 0 Å². The van der Waals surface area contributed by atoms with E-state index in [1.165, 1.54) is 28.2 Å². The molecule has 1 N–H and O–H groups in total. The number of aryl methyl sites for hydroxylation is 2. The molecule has 0 aliphatic carbocycles. The predicted molar refractivity (Wildman–Crippen MR) is 140 cm³/mol. The first kappa shape index (κ1) is 22.3. The molecule has 2 atom stereocenters. The zero-order valence-corrected chi connectivity index (χ0v) is 20.6. The summed E-state index contributed by atoms with van der Waals surface area (Å²) in [7, 11) is 0. The van der Waals surface area contributed by atoms with Crippen molar-refractivity contribution in [1.29, 1.82) is 0 Å². The van der Waals surface area contributed by atoms with Crippen LogP contribution in [-0.4, -0.2) is 24.5 Å². The van der Waals surface area contributed by atoms with E-state index in [0.717, 1.165) is 22.9 Å². The Hall–Kier alpha value is -3.51. The van der Waals surface area contributed by atoms with Gasteiger partial charge in [0.25, 0.3) is 0 Å². The van der Waals surface area contributed by atoms with Crippen LogP contribution in [0.15, 0.2) is 79.1 Å². The van der Waals surface area contributed by atoms with Crippen LogP contribution in [0, 0.1) is 13.8 Å². The summed E-state index contributed by atoms with van der Waals surface area (Å²) < 4.78 is 2.34. The number of thiocarbonyl (C=S) groups is 1. The topological polar surface area (TPSA) is 46.0 Å². The molecule has 3 aromatic heterocycles. The Morgan fingerprint density at radius 1 is 0.941 bits per heavy atom. The summed E-state index contributed by atoms with van der Waals surface area (Å²) in [6.07, 6.45) is 4.71. The van der Waals surface area contributed by atoms with E-state index in [9.17, 15) is 0 Å². The van der Waals surface area contributed by atoms with Gasteiger partial charge in [-0.2, -0.15) is 0 Å². The monoisotopic (exact) mass is 467 g/mol. The van der Waals surface area contributed by atoms with Gasteiger partial charge in [-0.3, -0.25) is 9.97 Å². The van der Waals surface area contributed by atoms with Crippen molar-refractivity contribution in [2.45, 2.75) is 45.8 Å². The molecular weight excluding hydrogens is 438 g/mol. The van der Waals surface area contributed by atoms with Crippen molar-refractivity contribution in [3.05, 3.63) is 113 Å². The molecule has 5 rings (SSSR count). The SMILES string of the molecule is CCc1ccc(-n2c(C)cc([C@@H]3[C@H](c4ccccn4)NC(=S)N3Cc3ccccn3)c2C)cc1. The number of hydrogen-bond donors (Lipinski definition) is 1. The van der Waals surface area contributed by atoms with Gasteiger partial charge >= 0.3 is 0 Å². The average Bonchev–Trinajstić information content (AvgIpc) is 3.35. The molecule has 1 aliphatic rings. The Morgan fingerprint density at radius 2 is 1.68 bits per heavy atom. The molecule has 1 saturated heterocycles. The van der Waals surface area contributed by atoms with Crippen molar-refractivity contribution in [2.75, 3.05) is 0 Å². The second kappa shape index (κ2) is 9.39. The van der Waals surface area contributed by atoms with Gasteiger partial charge in [-0.05, 0) is 86.1 Å². The average molecular weight is 468 g/mol. The van der Waals surface area contributed by atoms with Gasteiger partial charge in [0.15, 0.2) is 5.11 Å². The zero-order chi connectivity index (χ0) is 23.7. The molecule has 1 fully saturated rings. The summed E-state index contributed by atoms with van der Waals surface area (Å²) in [5.74, 6) is 0. The van der Waals surface area contributed by atoms with Gasteiger partial charge in [0.1, 0.15) is 0 Å². The first-order chi connectivity index (χ1) is 16.6. The van der Waals surface area contributed by atoms with Crippen molar-refractivity contribution in [3.8, 4) is 5.69 Å². The lowest BCUT2D eigenvalue weighted by atomic mass is 9.96. The fourth-order valence-corrected chi connectivity index (χ4v) is 5.25. The normalized spacial score (nSPS) is 17.7. The third-order valence-corrected chi connectivity index (χ3v) is 7.00. The first-order valence-electron chi connectivity index (χ1n) is 11.7. The van der Waals surface area contributed by atoms with Crippen LogP contribution in [0.5, 0.6) is 0 Å². The maximum atomic E-state index is 5.85. The highest BCUT2D eigenvalue weighted by Gasteiger charge is 2.41. The Kier molecular flexibility index (Phi) is 6.16. The lowest BCUT2D eigenvalue weighted by Gasteiger charge is -2.28. The van der Waals surface area contributed by atoms with E-state index < -0.39 is 0 Å². The Bertz CT molecular complexity index is 1280. The second-order valence-electron chi connectivity index (χ2n) is 8.76. The molecule has 0 bridgehead atoms. The fourth-order valence-electron chi connectivity index (χ4n) is 4.95. The van der Waals surface area contributed by atoms with E-state index in [2.05, 4.69) is 81.9 Å². The smallest absolute Gasteiger partial charge is 0.170 e. The van der Waals surface area contributed by atoms with Crippen molar-refractivity contribution in [3.63, 3.8) is 0 Å². The summed E-state index contributed by atoms with van der Waals surface area (Å²) >= 11 is 5.85. The summed E-state index contributed by atoms with van der Waals surface area (Å²) in [5.41, 5.74) is 8.15. The number of benzene rings is 1. The molecule has 172 valence electrons. The minimum absolute atomic E-state index is 0.000675. The quantitative estimate of drug-likeness (QED) is 0.373. The summed E-state index contributed by atoms with van der Waals surface area (Å²) in [5, 5.41) is 4.28. The maximum absolute atomic E-state index is 5.85. The van der Waals surface area contributed by atoms with Gasteiger partial charge in [0.05, 0.1) is 30.0 Å². The summed E-state index contributed by atoms with van der Waals surface area (Å²) in [6.45, 7) is 7.19. The van der Waals surface area contributed by atoms with Crippen LogP contribution < -0.4 is 5.32 Å². The molecule has 0 radical (unpaired) electrons. The Labute approximate surface area is 206 Å².